The summed E-state index contributed by atoms with van der Waals surface area (Å²) in [6, 6.07) is 7.23. The average molecular weight is 685 g/mol. The molecule has 0 aliphatic carbocycles. The lowest BCUT2D eigenvalue weighted by Crippen LogP contribution is -2.15. The number of nitrogens with one attached hydrogen (secondary N) is 1. The van der Waals surface area contributed by atoms with Gasteiger partial charge in [-0.1, -0.05) is 53.2 Å². The molecule has 3 rings (SSSR count). The van der Waals surface area contributed by atoms with Gasteiger partial charge in [0.05, 0.1) is 19.1 Å². The van der Waals surface area contributed by atoms with Crippen LogP contribution in [0.1, 0.15) is 19.8 Å². The standard InChI is InChI=1S/C13H10BrCl2NOS3.C5H11N.C4H5F3.C2H6O/c1-2-6-17-21(18)11-7-8(14)13(19-11)20-12-9(15)4-3-5-10(12)16;1-6-4-2-3-5-6;1-2-3-4(5,6)7;1-3-2/h2-5,7,17H,1,6H2;2-5H2,1H3;2-3H,1H3;1-2H3/b;;3-2+;. The number of thiophene rings is 1. The van der Waals surface area contributed by atoms with E-state index < -0.39 is 17.2 Å². The van der Waals surface area contributed by atoms with E-state index in [4.69, 9.17) is 23.2 Å². The fourth-order valence-electron chi connectivity index (χ4n) is 2.44. The average Bonchev–Trinajstić information content (AvgIpc) is 3.44. The Balaban J connectivity index is 0.000000658. The van der Waals surface area contributed by atoms with Crippen molar-refractivity contribution in [1.82, 2.24) is 9.62 Å². The predicted octanol–water partition coefficient (Wildman–Crippen LogP) is 8.87. The fourth-order valence-corrected chi connectivity index (χ4v) is 7.48. The number of likely N-dealkylation sites (tertiary alicyclic amines) is 1. The summed E-state index contributed by atoms with van der Waals surface area (Å²) < 4.78 is 54.6. The number of methoxy groups -OCH3 is 1. The molecule has 0 radical (unpaired) electrons. The molecule has 210 valence electrons. The van der Waals surface area contributed by atoms with E-state index in [1.807, 2.05) is 6.07 Å². The minimum Gasteiger partial charge on any atom is -0.388 e. The van der Waals surface area contributed by atoms with Gasteiger partial charge in [-0.25, -0.2) is 8.93 Å². The van der Waals surface area contributed by atoms with E-state index in [0.29, 0.717) is 16.6 Å². The normalized spacial score (nSPS) is 14.1. The minimum absolute atomic E-state index is 0.188. The van der Waals surface area contributed by atoms with E-state index >= 15 is 0 Å². The Kier molecular flexibility index (Phi) is 20.3. The first-order valence-electron chi connectivity index (χ1n) is 10.9. The van der Waals surface area contributed by atoms with Gasteiger partial charge in [-0.3, -0.25) is 0 Å². The zero-order valence-corrected chi connectivity index (χ0v) is 26.6. The number of halogens is 6. The number of hydrogen-bond acceptors (Lipinski definition) is 5. The summed E-state index contributed by atoms with van der Waals surface area (Å²) in [4.78, 5) is 3.15. The molecule has 37 heavy (non-hydrogen) atoms. The number of rotatable bonds is 6. The summed E-state index contributed by atoms with van der Waals surface area (Å²) in [6.07, 6.45) is 1.51. The maximum Gasteiger partial charge on any atom is 0.409 e. The first kappa shape index (κ1) is 36.6. The second kappa shape index (κ2) is 20.5. The number of alkyl halides is 3. The minimum atomic E-state index is -4.13. The summed E-state index contributed by atoms with van der Waals surface area (Å²) in [5, 5.41) is 1.19. The van der Waals surface area contributed by atoms with Crippen molar-refractivity contribution in [3.05, 3.63) is 63.6 Å². The van der Waals surface area contributed by atoms with Crippen molar-refractivity contribution in [1.29, 1.82) is 0 Å². The van der Waals surface area contributed by atoms with E-state index in [1.165, 1.54) is 56.0 Å². The van der Waals surface area contributed by atoms with Gasteiger partial charge in [0.15, 0.2) is 0 Å². The maximum atomic E-state index is 12.0. The SMILES string of the molecule is C/C=C/C(F)(F)F.C=CCNS(=O)c1cc(Br)c(Sc2c(Cl)cccc2Cl)s1.CN1CCCC1.COC. The number of ether oxygens (including phenoxy) is 1. The Labute approximate surface area is 247 Å². The quantitative estimate of drug-likeness (QED) is 0.309. The molecule has 13 heteroatoms. The molecule has 4 nitrogen and oxygen atoms in total. The van der Waals surface area contributed by atoms with Crippen LogP contribution in [0, 0.1) is 0 Å². The summed E-state index contributed by atoms with van der Waals surface area (Å²) in [6.45, 7) is 8.04. The number of benzene rings is 1. The summed E-state index contributed by atoms with van der Waals surface area (Å²) >= 11 is 18.7. The second-order valence-corrected chi connectivity index (χ2v) is 12.7. The van der Waals surface area contributed by atoms with Crippen LogP contribution in [0.4, 0.5) is 13.2 Å². The zero-order valence-electron chi connectivity index (χ0n) is 21.0. The molecule has 1 N–H and O–H groups in total. The molecule has 0 bridgehead atoms. The molecule has 1 atom stereocenters. The smallest absolute Gasteiger partial charge is 0.388 e. The first-order valence-corrected chi connectivity index (χ1v) is 15.2. The number of nitrogens with zero attached hydrogens (tertiary/aromatic N) is 1. The van der Waals surface area contributed by atoms with Crippen LogP contribution in [0.15, 0.2) is 66.9 Å². The molecule has 2 heterocycles. The zero-order chi connectivity index (χ0) is 28.4. The monoisotopic (exact) mass is 682 g/mol. The van der Waals surface area contributed by atoms with Gasteiger partial charge in [0, 0.05) is 31.3 Å². The molecule has 2 aromatic rings. The van der Waals surface area contributed by atoms with E-state index in [9.17, 15) is 17.4 Å². The van der Waals surface area contributed by atoms with E-state index in [0.717, 1.165) is 23.9 Å². The van der Waals surface area contributed by atoms with Crippen LogP contribution in [-0.4, -0.2) is 56.2 Å². The number of hydrogen-bond donors (Lipinski definition) is 1. The third-order valence-corrected chi connectivity index (χ3v) is 9.87. The van der Waals surface area contributed by atoms with Crippen LogP contribution < -0.4 is 4.72 Å². The van der Waals surface area contributed by atoms with Crippen LogP contribution in [0.3, 0.4) is 0 Å². The van der Waals surface area contributed by atoms with Crippen molar-refractivity contribution in [2.75, 3.05) is 40.9 Å². The summed E-state index contributed by atoms with van der Waals surface area (Å²) in [5.74, 6) is 0. The Morgan fingerprint density at radius 2 is 1.81 bits per heavy atom. The van der Waals surface area contributed by atoms with Crippen LogP contribution in [0.2, 0.25) is 10.0 Å². The fraction of sp³-hybridized carbons (Fsp3) is 0.417. The largest absolute Gasteiger partial charge is 0.409 e. The Hall–Kier alpha value is -0.370. The van der Waals surface area contributed by atoms with Gasteiger partial charge in [-0.15, -0.1) is 17.9 Å². The van der Waals surface area contributed by atoms with Crippen LogP contribution in [0.5, 0.6) is 0 Å². The predicted molar refractivity (Wildman–Crippen MR) is 158 cm³/mol. The van der Waals surface area contributed by atoms with Gasteiger partial charge in [0.1, 0.15) is 15.2 Å². The molecule has 1 saturated heterocycles. The molecule has 1 unspecified atom stereocenters. The molecule has 1 aliphatic heterocycles. The Bertz CT molecular complexity index is 966. The Morgan fingerprint density at radius 3 is 2.19 bits per heavy atom. The van der Waals surface area contributed by atoms with E-state index in [2.05, 4.69) is 43.9 Å². The third kappa shape index (κ3) is 17.0. The third-order valence-electron chi connectivity index (χ3n) is 3.97. The lowest BCUT2D eigenvalue weighted by atomic mass is 10.4. The Morgan fingerprint density at radius 1 is 1.27 bits per heavy atom. The lowest BCUT2D eigenvalue weighted by molar-refractivity contribution is -0.0799. The van der Waals surface area contributed by atoms with Gasteiger partial charge in [0.2, 0.25) is 0 Å². The second-order valence-electron chi connectivity index (χ2n) is 7.22. The van der Waals surface area contributed by atoms with Gasteiger partial charge >= 0.3 is 6.18 Å². The molecule has 0 spiro atoms. The summed E-state index contributed by atoms with van der Waals surface area (Å²) in [7, 11) is 4.17. The van der Waals surface area contributed by atoms with Gasteiger partial charge in [-0.05, 0) is 74.0 Å². The van der Waals surface area contributed by atoms with E-state index in [-0.39, 0.29) is 6.08 Å². The number of allylic oxidation sites excluding steroid dienone is 2. The molecule has 1 aliphatic rings. The lowest BCUT2D eigenvalue weighted by Gasteiger charge is -2.04. The van der Waals surface area contributed by atoms with Crippen molar-refractivity contribution >= 4 is 73.2 Å². The molecule has 0 amide bonds. The van der Waals surface area contributed by atoms with E-state index in [1.54, 1.807) is 38.5 Å². The van der Waals surface area contributed by atoms with Crippen molar-refractivity contribution in [3.8, 4) is 0 Å². The topological polar surface area (TPSA) is 41.6 Å². The van der Waals surface area contributed by atoms with Crippen molar-refractivity contribution < 1.29 is 22.1 Å². The van der Waals surface area contributed by atoms with Crippen molar-refractivity contribution in [2.45, 2.75) is 39.3 Å². The highest BCUT2D eigenvalue weighted by Gasteiger charge is 2.20. The van der Waals surface area contributed by atoms with Crippen molar-refractivity contribution in [3.63, 3.8) is 0 Å². The molecule has 1 fully saturated rings. The molecule has 1 aromatic heterocycles. The molecule has 0 saturated carbocycles. The van der Waals surface area contributed by atoms with Crippen LogP contribution in [0.25, 0.3) is 0 Å². The molecule has 1 aromatic carbocycles. The van der Waals surface area contributed by atoms with Gasteiger partial charge < -0.3 is 9.64 Å². The molecular formula is C24H32BrCl2F3N2O2S3. The highest BCUT2D eigenvalue weighted by Crippen LogP contribution is 2.45. The van der Waals surface area contributed by atoms with Crippen LogP contribution in [-0.2, 0) is 15.7 Å². The highest BCUT2D eigenvalue weighted by atomic mass is 79.9. The van der Waals surface area contributed by atoms with Gasteiger partial charge in [-0.2, -0.15) is 13.2 Å². The van der Waals surface area contributed by atoms with Crippen LogP contribution >= 0.6 is 62.2 Å². The van der Waals surface area contributed by atoms with Crippen molar-refractivity contribution in [2.24, 2.45) is 0 Å². The summed E-state index contributed by atoms with van der Waals surface area (Å²) in [5.41, 5.74) is 0. The van der Waals surface area contributed by atoms with Gasteiger partial charge in [0.25, 0.3) is 0 Å². The molecular weight excluding hydrogens is 652 g/mol. The highest BCUT2D eigenvalue weighted by molar-refractivity contribution is 9.10. The maximum absolute atomic E-state index is 12.0. The first-order chi connectivity index (χ1) is 17.4.